The van der Waals surface area contributed by atoms with Gasteiger partial charge in [-0.1, -0.05) is 11.6 Å². The number of ether oxygens (including phenoxy) is 4. The number of amides is 1. The summed E-state index contributed by atoms with van der Waals surface area (Å²) < 4.78 is 20.8. The fourth-order valence-corrected chi connectivity index (χ4v) is 2.59. The molecule has 0 spiro atoms. The maximum absolute atomic E-state index is 12.2. The van der Waals surface area contributed by atoms with Crippen molar-refractivity contribution in [1.29, 1.82) is 0 Å². The third kappa shape index (κ3) is 4.61. The Kier molecular flexibility index (Phi) is 6.74. The van der Waals surface area contributed by atoms with E-state index in [4.69, 9.17) is 30.5 Å². The highest BCUT2D eigenvalue weighted by atomic mass is 35.5. The normalized spacial score (nSPS) is 10.5. The zero-order valence-corrected chi connectivity index (χ0v) is 15.7. The fourth-order valence-electron chi connectivity index (χ4n) is 2.29. The minimum absolute atomic E-state index is 0.331. The number of methoxy groups -OCH3 is 4. The van der Waals surface area contributed by atoms with Crippen LogP contribution in [0.3, 0.4) is 0 Å². The van der Waals surface area contributed by atoms with Crippen molar-refractivity contribution in [3.8, 4) is 23.0 Å². The molecule has 0 saturated heterocycles. The van der Waals surface area contributed by atoms with E-state index in [1.54, 1.807) is 43.5 Å². The number of benzene rings is 2. The quantitative estimate of drug-likeness (QED) is 0.738. The molecule has 0 aliphatic heterocycles. The van der Waals surface area contributed by atoms with Crippen LogP contribution in [0.2, 0.25) is 5.02 Å². The van der Waals surface area contributed by atoms with Crippen molar-refractivity contribution >= 4 is 29.3 Å². The zero-order chi connectivity index (χ0) is 19.1. The zero-order valence-electron chi connectivity index (χ0n) is 15.0. The molecule has 0 saturated carbocycles. The van der Waals surface area contributed by atoms with Crippen LogP contribution in [0.1, 0.15) is 5.56 Å². The molecule has 0 atom stereocenters. The highest BCUT2D eigenvalue weighted by Crippen LogP contribution is 2.36. The summed E-state index contributed by atoms with van der Waals surface area (Å²) in [6, 6.07) is 8.54. The van der Waals surface area contributed by atoms with E-state index in [0.717, 1.165) is 0 Å². The lowest BCUT2D eigenvalue weighted by Crippen LogP contribution is -2.09. The van der Waals surface area contributed by atoms with Gasteiger partial charge in [0, 0.05) is 12.1 Å². The molecule has 0 bridgehead atoms. The summed E-state index contributed by atoms with van der Waals surface area (Å²) in [4.78, 5) is 12.2. The monoisotopic (exact) mass is 377 g/mol. The smallest absolute Gasteiger partial charge is 0.248 e. The Morgan fingerprint density at radius 1 is 0.962 bits per heavy atom. The molecule has 1 N–H and O–H groups in total. The topological polar surface area (TPSA) is 66.0 Å². The molecular formula is C19H20ClNO5. The summed E-state index contributed by atoms with van der Waals surface area (Å²) in [5.74, 6) is 1.73. The molecule has 0 radical (unpaired) electrons. The van der Waals surface area contributed by atoms with Crippen LogP contribution in [-0.4, -0.2) is 34.3 Å². The first-order chi connectivity index (χ1) is 12.5. The minimum Gasteiger partial charge on any atom is -0.497 e. The molecule has 7 heteroatoms. The van der Waals surface area contributed by atoms with Gasteiger partial charge in [-0.05, 0) is 35.9 Å². The van der Waals surface area contributed by atoms with Gasteiger partial charge in [-0.2, -0.15) is 0 Å². The van der Waals surface area contributed by atoms with Crippen LogP contribution in [0.25, 0.3) is 6.08 Å². The van der Waals surface area contributed by atoms with Gasteiger partial charge in [0.25, 0.3) is 0 Å². The molecule has 0 aliphatic carbocycles. The Morgan fingerprint density at radius 2 is 1.69 bits per heavy atom. The molecule has 2 aromatic carbocycles. The molecule has 6 nitrogen and oxygen atoms in total. The van der Waals surface area contributed by atoms with E-state index in [2.05, 4.69) is 5.32 Å². The largest absolute Gasteiger partial charge is 0.497 e. The predicted molar refractivity (Wildman–Crippen MR) is 102 cm³/mol. The molecule has 2 aromatic rings. The Hall–Kier alpha value is -2.86. The molecule has 2 rings (SSSR count). The average molecular weight is 378 g/mol. The van der Waals surface area contributed by atoms with Crippen LogP contribution in [-0.2, 0) is 4.79 Å². The summed E-state index contributed by atoms with van der Waals surface area (Å²) in [6.07, 6.45) is 3.01. The van der Waals surface area contributed by atoms with Gasteiger partial charge < -0.3 is 24.3 Å². The molecule has 0 aliphatic rings. The van der Waals surface area contributed by atoms with Crippen molar-refractivity contribution in [3.63, 3.8) is 0 Å². The fraction of sp³-hybridized carbons (Fsp3) is 0.211. The first-order valence-electron chi connectivity index (χ1n) is 7.65. The molecule has 26 heavy (non-hydrogen) atoms. The summed E-state index contributed by atoms with van der Waals surface area (Å²) in [7, 11) is 6.10. The SMILES string of the molecule is COc1ccc(OC)c(NC(=O)/C=C/c2cc(Cl)c(OC)c(OC)c2)c1. The molecular weight excluding hydrogens is 358 g/mol. The number of hydrogen-bond donors (Lipinski definition) is 1. The van der Waals surface area contributed by atoms with Crippen LogP contribution in [0, 0.1) is 0 Å². The number of hydrogen-bond acceptors (Lipinski definition) is 5. The highest BCUT2D eigenvalue weighted by Gasteiger charge is 2.10. The first-order valence-corrected chi connectivity index (χ1v) is 8.02. The van der Waals surface area contributed by atoms with Gasteiger partial charge in [-0.3, -0.25) is 4.79 Å². The maximum atomic E-state index is 12.2. The molecule has 0 fully saturated rings. The van der Waals surface area contributed by atoms with Crippen molar-refractivity contribution in [2.24, 2.45) is 0 Å². The van der Waals surface area contributed by atoms with Crippen molar-refractivity contribution < 1.29 is 23.7 Å². The third-order valence-electron chi connectivity index (χ3n) is 3.55. The van der Waals surface area contributed by atoms with E-state index in [1.807, 2.05) is 0 Å². The van der Waals surface area contributed by atoms with Gasteiger partial charge in [-0.25, -0.2) is 0 Å². The molecule has 1 amide bonds. The number of carbonyl (C=O) groups is 1. The van der Waals surface area contributed by atoms with Gasteiger partial charge in [0.05, 0.1) is 39.1 Å². The maximum Gasteiger partial charge on any atom is 0.248 e. The molecule has 138 valence electrons. The highest BCUT2D eigenvalue weighted by molar-refractivity contribution is 6.32. The van der Waals surface area contributed by atoms with Gasteiger partial charge >= 0.3 is 0 Å². The minimum atomic E-state index is -0.331. The lowest BCUT2D eigenvalue weighted by molar-refractivity contribution is -0.111. The summed E-state index contributed by atoms with van der Waals surface area (Å²) >= 11 is 6.16. The lowest BCUT2D eigenvalue weighted by atomic mass is 10.2. The van der Waals surface area contributed by atoms with Crippen molar-refractivity contribution in [1.82, 2.24) is 0 Å². The second-order valence-corrected chi connectivity index (χ2v) is 5.53. The van der Waals surface area contributed by atoms with Gasteiger partial charge in [0.1, 0.15) is 11.5 Å². The Morgan fingerprint density at radius 3 is 2.31 bits per heavy atom. The van der Waals surface area contributed by atoms with Crippen molar-refractivity contribution in [2.45, 2.75) is 0 Å². The van der Waals surface area contributed by atoms with E-state index in [-0.39, 0.29) is 5.91 Å². The van der Waals surface area contributed by atoms with Crippen LogP contribution >= 0.6 is 11.6 Å². The number of halogens is 1. The molecule has 0 aromatic heterocycles. The van der Waals surface area contributed by atoms with E-state index < -0.39 is 0 Å². The summed E-state index contributed by atoms with van der Waals surface area (Å²) in [6.45, 7) is 0. The van der Waals surface area contributed by atoms with Crippen LogP contribution in [0.5, 0.6) is 23.0 Å². The summed E-state index contributed by atoms with van der Waals surface area (Å²) in [5, 5.41) is 3.14. The van der Waals surface area contributed by atoms with Crippen LogP contribution in [0.4, 0.5) is 5.69 Å². The molecule has 0 unspecified atom stereocenters. The number of nitrogens with one attached hydrogen (secondary N) is 1. The Balaban J connectivity index is 2.19. The van der Waals surface area contributed by atoms with Gasteiger partial charge in [0.2, 0.25) is 5.91 Å². The van der Waals surface area contributed by atoms with Gasteiger partial charge in [-0.15, -0.1) is 0 Å². The summed E-state index contributed by atoms with van der Waals surface area (Å²) in [5.41, 5.74) is 1.20. The van der Waals surface area contributed by atoms with E-state index in [1.165, 1.54) is 27.4 Å². The number of rotatable bonds is 7. The third-order valence-corrected chi connectivity index (χ3v) is 3.83. The predicted octanol–water partition coefficient (Wildman–Crippen LogP) is 4.03. The number of anilines is 1. The van der Waals surface area contributed by atoms with E-state index >= 15 is 0 Å². The van der Waals surface area contributed by atoms with Crippen molar-refractivity contribution in [2.75, 3.05) is 33.8 Å². The van der Waals surface area contributed by atoms with Gasteiger partial charge in [0.15, 0.2) is 11.5 Å². The van der Waals surface area contributed by atoms with Crippen LogP contribution in [0.15, 0.2) is 36.4 Å². The van der Waals surface area contributed by atoms with Crippen molar-refractivity contribution in [3.05, 3.63) is 47.0 Å². The molecule has 0 heterocycles. The van der Waals surface area contributed by atoms with E-state index in [0.29, 0.717) is 39.3 Å². The Bertz CT molecular complexity index is 820. The standard InChI is InChI=1S/C19H20ClNO5/c1-23-13-6-7-16(24-2)15(11-13)21-18(22)8-5-12-9-14(20)19(26-4)17(10-12)25-3/h5-11H,1-4H3,(H,21,22)/b8-5+. The number of carbonyl (C=O) groups excluding carboxylic acids is 1. The second kappa shape index (κ2) is 9.01. The van der Waals surface area contributed by atoms with Crippen LogP contribution < -0.4 is 24.3 Å². The van der Waals surface area contributed by atoms with E-state index in [9.17, 15) is 4.79 Å². The first kappa shape index (κ1) is 19.5. The average Bonchev–Trinajstić information content (AvgIpc) is 2.65. The lowest BCUT2D eigenvalue weighted by Gasteiger charge is -2.11. The second-order valence-electron chi connectivity index (χ2n) is 5.13. The Labute approximate surface area is 157 Å².